The molecule has 0 aliphatic carbocycles. The molecule has 2 aromatic rings. The third-order valence-corrected chi connectivity index (χ3v) is 6.00. The Morgan fingerprint density at radius 2 is 1.53 bits per heavy atom. The molecule has 3 N–H and O–H groups in total. The fourth-order valence-corrected chi connectivity index (χ4v) is 4.28. The van der Waals surface area contributed by atoms with Crippen LogP contribution in [-0.2, 0) is 11.2 Å². The lowest BCUT2D eigenvalue weighted by molar-refractivity contribution is -0.0505. The number of benzene rings is 2. The summed E-state index contributed by atoms with van der Waals surface area (Å²) < 4.78 is 33.0. The number of hydrogen-bond donors (Lipinski definition) is 3. The van der Waals surface area contributed by atoms with E-state index in [-0.39, 0.29) is 30.1 Å². The Kier molecular flexibility index (Phi) is 12.8. The molecule has 2 amide bonds. The number of halogens is 2. The summed E-state index contributed by atoms with van der Waals surface area (Å²) in [6.45, 7) is 9.04. The second-order valence-corrected chi connectivity index (χ2v) is 9.57. The number of nitrogens with one attached hydrogen (secondary N) is 1. The fraction of sp³-hybridized carbons (Fsp3) is 0.517. The first-order valence-electron chi connectivity index (χ1n) is 13.2. The summed E-state index contributed by atoms with van der Waals surface area (Å²) in [5, 5.41) is 24.0. The minimum absolute atomic E-state index is 0.148. The molecule has 210 valence electrons. The minimum atomic E-state index is -1.49. The highest BCUT2D eigenvalue weighted by Gasteiger charge is 2.29. The lowest BCUT2D eigenvalue weighted by atomic mass is 9.96. The number of aliphatic hydroxyl groups is 2. The molecule has 7 nitrogen and oxygen atoms in total. The molecule has 0 radical (unpaired) electrons. The zero-order chi connectivity index (χ0) is 28.2. The highest BCUT2D eigenvalue weighted by Crippen LogP contribution is 2.17. The van der Waals surface area contributed by atoms with Crippen LogP contribution in [0.25, 0.3) is 0 Å². The van der Waals surface area contributed by atoms with Gasteiger partial charge in [-0.3, -0.25) is 9.59 Å². The normalized spacial score (nSPS) is 13.6. The van der Waals surface area contributed by atoms with E-state index in [9.17, 15) is 28.6 Å². The molecule has 9 heteroatoms. The van der Waals surface area contributed by atoms with Gasteiger partial charge in [0.2, 0.25) is 0 Å². The Morgan fingerprint density at radius 3 is 2.11 bits per heavy atom. The Hall–Kier alpha value is -2.88. The third-order valence-electron chi connectivity index (χ3n) is 6.00. The van der Waals surface area contributed by atoms with Crippen LogP contribution in [0.3, 0.4) is 0 Å². The van der Waals surface area contributed by atoms with Crippen LogP contribution in [0.2, 0.25) is 0 Å². The number of rotatable bonds is 15. The van der Waals surface area contributed by atoms with E-state index in [0.717, 1.165) is 31.0 Å². The van der Waals surface area contributed by atoms with Gasteiger partial charge in [0.25, 0.3) is 11.8 Å². The molecular weight excluding hydrogens is 494 g/mol. The maximum atomic E-state index is 13.8. The first kappa shape index (κ1) is 31.3. The molecule has 0 saturated carbocycles. The molecule has 0 fully saturated rings. The summed E-state index contributed by atoms with van der Waals surface area (Å²) >= 11 is 0. The second-order valence-electron chi connectivity index (χ2n) is 9.57. The van der Waals surface area contributed by atoms with E-state index >= 15 is 0 Å². The molecule has 0 spiro atoms. The smallest absolute Gasteiger partial charge is 0.253 e. The SMILES string of the molecule is CCCOCC(O)[C@H](O)[C@H](Cc1cc(F)cc(F)c1)NC(=O)c1cc(C)cc(C(=O)N(CCC)CCC)c1. The molecule has 0 saturated heterocycles. The minimum Gasteiger partial charge on any atom is -0.388 e. The Labute approximate surface area is 223 Å². The molecule has 38 heavy (non-hydrogen) atoms. The van der Waals surface area contributed by atoms with E-state index in [1.165, 1.54) is 6.07 Å². The number of hydrogen-bond acceptors (Lipinski definition) is 5. The van der Waals surface area contributed by atoms with Gasteiger partial charge in [0.15, 0.2) is 0 Å². The molecule has 0 bridgehead atoms. The van der Waals surface area contributed by atoms with Crippen LogP contribution in [-0.4, -0.2) is 71.5 Å². The topological polar surface area (TPSA) is 99.1 Å². The van der Waals surface area contributed by atoms with Gasteiger partial charge in [-0.1, -0.05) is 20.8 Å². The van der Waals surface area contributed by atoms with Crippen LogP contribution in [0.15, 0.2) is 36.4 Å². The Balaban J connectivity index is 2.33. The Morgan fingerprint density at radius 1 is 0.921 bits per heavy atom. The van der Waals surface area contributed by atoms with Gasteiger partial charge in [-0.2, -0.15) is 0 Å². The number of aliphatic hydroxyl groups excluding tert-OH is 2. The molecule has 0 heterocycles. The van der Waals surface area contributed by atoms with E-state index in [1.807, 2.05) is 20.8 Å². The molecule has 3 atom stereocenters. The maximum Gasteiger partial charge on any atom is 0.253 e. The van der Waals surface area contributed by atoms with Gasteiger partial charge >= 0.3 is 0 Å². The van der Waals surface area contributed by atoms with E-state index in [2.05, 4.69) is 5.32 Å². The van der Waals surface area contributed by atoms with Crippen molar-refractivity contribution in [2.75, 3.05) is 26.3 Å². The Bertz CT molecular complexity index is 1040. The van der Waals surface area contributed by atoms with Gasteiger partial charge < -0.3 is 25.2 Å². The quantitative estimate of drug-likeness (QED) is 0.300. The molecule has 0 aliphatic rings. The molecular formula is C29H40F2N2O5. The van der Waals surface area contributed by atoms with Crippen LogP contribution in [0, 0.1) is 18.6 Å². The number of carbonyl (C=O) groups is 2. The average Bonchev–Trinajstić information content (AvgIpc) is 2.86. The summed E-state index contributed by atoms with van der Waals surface area (Å²) in [5.74, 6) is -2.36. The predicted molar refractivity (Wildman–Crippen MR) is 142 cm³/mol. The van der Waals surface area contributed by atoms with Crippen molar-refractivity contribution in [2.24, 2.45) is 0 Å². The summed E-state index contributed by atoms with van der Waals surface area (Å²) in [5.41, 5.74) is 1.46. The van der Waals surface area contributed by atoms with Crippen molar-refractivity contribution in [3.05, 3.63) is 70.3 Å². The molecule has 0 aromatic heterocycles. The number of aryl methyl sites for hydroxylation is 1. The largest absolute Gasteiger partial charge is 0.388 e. The lowest BCUT2D eigenvalue weighted by Gasteiger charge is -2.28. The molecule has 0 aliphatic heterocycles. The van der Waals surface area contributed by atoms with Gasteiger partial charge in [-0.05, 0) is 74.1 Å². The van der Waals surface area contributed by atoms with Gasteiger partial charge in [-0.15, -0.1) is 0 Å². The number of nitrogens with zero attached hydrogens (tertiary/aromatic N) is 1. The van der Waals surface area contributed by atoms with Crippen molar-refractivity contribution in [3.63, 3.8) is 0 Å². The van der Waals surface area contributed by atoms with Crippen LogP contribution in [0.1, 0.15) is 71.9 Å². The number of amides is 2. The maximum absolute atomic E-state index is 13.8. The molecule has 2 rings (SSSR count). The van der Waals surface area contributed by atoms with Crippen LogP contribution in [0.5, 0.6) is 0 Å². The first-order valence-corrected chi connectivity index (χ1v) is 13.2. The second kappa shape index (κ2) is 15.5. The van der Waals surface area contributed by atoms with E-state index < -0.39 is 35.8 Å². The molecule has 1 unspecified atom stereocenters. The van der Waals surface area contributed by atoms with E-state index in [0.29, 0.717) is 37.2 Å². The number of carbonyl (C=O) groups excluding carboxylic acids is 2. The summed E-state index contributed by atoms with van der Waals surface area (Å²) in [6, 6.07) is 6.67. The van der Waals surface area contributed by atoms with Crippen molar-refractivity contribution >= 4 is 11.8 Å². The van der Waals surface area contributed by atoms with Crippen molar-refractivity contribution < 1.29 is 33.3 Å². The standard InChI is InChI=1S/C29H40F2N2O5/c1-5-8-33(9-6-2)29(37)22-12-19(4)11-21(16-22)28(36)32-25(27(35)26(34)18-38-10-7-3)15-20-13-23(30)17-24(31)14-20/h11-14,16-17,25-27,34-35H,5-10,15,18H2,1-4H3,(H,32,36)/t25-,26?,27+/m0/s1. The van der Waals surface area contributed by atoms with Crippen LogP contribution < -0.4 is 5.32 Å². The van der Waals surface area contributed by atoms with Crippen LogP contribution >= 0.6 is 0 Å². The van der Waals surface area contributed by atoms with Gasteiger partial charge in [0.1, 0.15) is 23.8 Å². The monoisotopic (exact) mass is 534 g/mol. The van der Waals surface area contributed by atoms with Gasteiger partial charge in [0.05, 0.1) is 12.6 Å². The van der Waals surface area contributed by atoms with Gasteiger partial charge in [0, 0.05) is 36.9 Å². The van der Waals surface area contributed by atoms with E-state index in [1.54, 1.807) is 24.0 Å². The zero-order valence-corrected chi connectivity index (χ0v) is 22.7. The van der Waals surface area contributed by atoms with Crippen molar-refractivity contribution in [1.82, 2.24) is 10.2 Å². The summed E-state index contributed by atoms with van der Waals surface area (Å²) in [6.07, 6.45) is -0.668. The van der Waals surface area contributed by atoms with Crippen molar-refractivity contribution in [1.29, 1.82) is 0 Å². The van der Waals surface area contributed by atoms with E-state index in [4.69, 9.17) is 4.74 Å². The molecule has 2 aromatic carbocycles. The third kappa shape index (κ3) is 9.45. The first-order chi connectivity index (χ1) is 18.1. The summed E-state index contributed by atoms with van der Waals surface area (Å²) in [4.78, 5) is 28.2. The van der Waals surface area contributed by atoms with Crippen molar-refractivity contribution in [2.45, 2.75) is 71.6 Å². The average molecular weight is 535 g/mol. The zero-order valence-electron chi connectivity index (χ0n) is 22.7. The van der Waals surface area contributed by atoms with Crippen LogP contribution in [0.4, 0.5) is 8.78 Å². The fourth-order valence-electron chi connectivity index (χ4n) is 4.28. The lowest BCUT2D eigenvalue weighted by Crippen LogP contribution is -2.51. The van der Waals surface area contributed by atoms with Gasteiger partial charge in [-0.25, -0.2) is 8.78 Å². The summed E-state index contributed by atoms with van der Waals surface area (Å²) in [7, 11) is 0. The highest BCUT2D eigenvalue weighted by atomic mass is 19.1. The van der Waals surface area contributed by atoms with Crippen molar-refractivity contribution in [3.8, 4) is 0 Å². The highest BCUT2D eigenvalue weighted by molar-refractivity contribution is 6.00. The number of ether oxygens (including phenoxy) is 1. The predicted octanol–water partition coefficient (Wildman–Crippen LogP) is 4.02.